The van der Waals surface area contributed by atoms with Gasteiger partial charge < -0.3 is 15.0 Å². The zero-order valence-corrected chi connectivity index (χ0v) is 8.88. The van der Waals surface area contributed by atoms with Crippen LogP contribution in [0.4, 0.5) is 0 Å². The molecule has 1 aliphatic rings. The molecule has 0 radical (unpaired) electrons. The SMILES string of the molecule is COCCCN1CCNCC(C)C1. The molecule has 78 valence electrons. The van der Waals surface area contributed by atoms with E-state index in [-0.39, 0.29) is 0 Å². The molecular formula is C10H22N2O. The fraction of sp³-hybridized carbons (Fsp3) is 1.00. The van der Waals surface area contributed by atoms with E-state index in [0.29, 0.717) is 0 Å². The van der Waals surface area contributed by atoms with Gasteiger partial charge in [0.25, 0.3) is 0 Å². The zero-order chi connectivity index (χ0) is 9.52. The van der Waals surface area contributed by atoms with Crippen LogP contribution in [0, 0.1) is 5.92 Å². The minimum Gasteiger partial charge on any atom is -0.385 e. The van der Waals surface area contributed by atoms with Crippen LogP contribution in [0.2, 0.25) is 0 Å². The van der Waals surface area contributed by atoms with Gasteiger partial charge in [0.1, 0.15) is 0 Å². The van der Waals surface area contributed by atoms with Crippen LogP contribution in [-0.2, 0) is 4.74 Å². The Kier molecular flexibility index (Phi) is 5.35. The molecule has 0 bridgehead atoms. The molecule has 3 heteroatoms. The van der Waals surface area contributed by atoms with Gasteiger partial charge in [-0.05, 0) is 18.9 Å². The Morgan fingerprint density at radius 3 is 3.15 bits per heavy atom. The maximum Gasteiger partial charge on any atom is 0.0474 e. The highest BCUT2D eigenvalue weighted by molar-refractivity contribution is 4.70. The largest absolute Gasteiger partial charge is 0.385 e. The first-order valence-electron chi connectivity index (χ1n) is 5.25. The standard InChI is InChI=1S/C10H22N2O/c1-10-8-11-4-6-12(9-10)5-3-7-13-2/h10-11H,3-9H2,1-2H3. The molecule has 3 nitrogen and oxygen atoms in total. The number of ether oxygens (including phenoxy) is 1. The van der Waals surface area contributed by atoms with Crippen LogP contribution in [0.25, 0.3) is 0 Å². The van der Waals surface area contributed by atoms with Gasteiger partial charge in [0.05, 0.1) is 0 Å². The van der Waals surface area contributed by atoms with Crippen molar-refractivity contribution in [1.82, 2.24) is 10.2 Å². The normalized spacial score (nSPS) is 25.8. The summed E-state index contributed by atoms with van der Waals surface area (Å²) in [4.78, 5) is 2.53. The summed E-state index contributed by atoms with van der Waals surface area (Å²) < 4.78 is 5.05. The average molecular weight is 186 g/mol. The van der Waals surface area contributed by atoms with Crippen LogP contribution < -0.4 is 5.32 Å². The summed E-state index contributed by atoms with van der Waals surface area (Å²) >= 11 is 0. The summed E-state index contributed by atoms with van der Waals surface area (Å²) in [7, 11) is 1.77. The molecule has 1 fully saturated rings. The van der Waals surface area contributed by atoms with Crippen LogP contribution >= 0.6 is 0 Å². The van der Waals surface area contributed by atoms with Crippen LogP contribution in [0.15, 0.2) is 0 Å². The van der Waals surface area contributed by atoms with Crippen molar-refractivity contribution in [3.63, 3.8) is 0 Å². The van der Waals surface area contributed by atoms with E-state index in [4.69, 9.17) is 4.74 Å². The van der Waals surface area contributed by atoms with Gasteiger partial charge in [-0.1, -0.05) is 6.92 Å². The third kappa shape index (κ3) is 4.60. The van der Waals surface area contributed by atoms with Crippen molar-refractivity contribution in [2.75, 3.05) is 46.4 Å². The van der Waals surface area contributed by atoms with E-state index < -0.39 is 0 Å². The smallest absolute Gasteiger partial charge is 0.0474 e. The van der Waals surface area contributed by atoms with Crippen molar-refractivity contribution in [2.24, 2.45) is 5.92 Å². The van der Waals surface area contributed by atoms with Gasteiger partial charge in [-0.25, -0.2) is 0 Å². The van der Waals surface area contributed by atoms with E-state index in [9.17, 15) is 0 Å². The third-order valence-electron chi connectivity index (χ3n) is 2.49. The number of methoxy groups -OCH3 is 1. The first kappa shape index (κ1) is 11.0. The van der Waals surface area contributed by atoms with Crippen molar-refractivity contribution in [1.29, 1.82) is 0 Å². The number of nitrogens with one attached hydrogen (secondary N) is 1. The van der Waals surface area contributed by atoms with E-state index >= 15 is 0 Å². The van der Waals surface area contributed by atoms with Crippen molar-refractivity contribution < 1.29 is 4.74 Å². The molecule has 1 heterocycles. The first-order chi connectivity index (χ1) is 6.33. The Hall–Kier alpha value is -0.120. The van der Waals surface area contributed by atoms with Crippen LogP contribution in [0.3, 0.4) is 0 Å². The summed E-state index contributed by atoms with van der Waals surface area (Å²) in [5.74, 6) is 0.782. The van der Waals surface area contributed by atoms with Gasteiger partial charge in [-0.15, -0.1) is 0 Å². The fourth-order valence-corrected chi connectivity index (χ4v) is 1.82. The maximum atomic E-state index is 5.05. The maximum absolute atomic E-state index is 5.05. The topological polar surface area (TPSA) is 24.5 Å². The number of rotatable bonds is 4. The molecule has 13 heavy (non-hydrogen) atoms. The molecule has 0 aliphatic carbocycles. The van der Waals surface area contributed by atoms with Crippen molar-refractivity contribution in [3.8, 4) is 0 Å². The molecule has 0 aromatic carbocycles. The van der Waals surface area contributed by atoms with Crippen molar-refractivity contribution in [3.05, 3.63) is 0 Å². The number of nitrogens with zero attached hydrogens (tertiary/aromatic N) is 1. The Balaban J connectivity index is 2.15. The van der Waals surface area contributed by atoms with Crippen molar-refractivity contribution >= 4 is 0 Å². The number of hydrogen-bond acceptors (Lipinski definition) is 3. The molecule has 1 unspecified atom stereocenters. The molecule has 1 aliphatic heterocycles. The van der Waals surface area contributed by atoms with Gasteiger partial charge in [0.15, 0.2) is 0 Å². The highest BCUT2D eigenvalue weighted by Crippen LogP contribution is 2.02. The highest BCUT2D eigenvalue weighted by atomic mass is 16.5. The number of hydrogen-bond donors (Lipinski definition) is 1. The summed E-state index contributed by atoms with van der Waals surface area (Å²) in [5.41, 5.74) is 0. The van der Waals surface area contributed by atoms with E-state index in [2.05, 4.69) is 17.1 Å². The molecule has 0 spiro atoms. The molecule has 1 atom stereocenters. The Labute approximate surface area is 81.4 Å². The molecule has 1 rings (SSSR count). The lowest BCUT2D eigenvalue weighted by atomic mass is 10.2. The lowest BCUT2D eigenvalue weighted by Crippen LogP contribution is -2.30. The van der Waals surface area contributed by atoms with Gasteiger partial charge in [0.2, 0.25) is 0 Å². The lowest BCUT2D eigenvalue weighted by molar-refractivity contribution is 0.170. The minimum absolute atomic E-state index is 0.782. The molecule has 0 amide bonds. The Bertz CT molecular complexity index is 130. The predicted molar refractivity (Wildman–Crippen MR) is 55.0 cm³/mol. The average Bonchev–Trinajstić information content (AvgIpc) is 2.31. The van der Waals surface area contributed by atoms with Crippen molar-refractivity contribution in [2.45, 2.75) is 13.3 Å². The summed E-state index contributed by atoms with van der Waals surface area (Å²) in [5, 5.41) is 3.44. The first-order valence-corrected chi connectivity index (χ1v) is 5.25. The van der Waals surface area contributed by atoms with E-state index in [0.717, 1.165) is 25.5 Å². The summed E-state index contributed by atoms with van der Waals surface area (Å²) in [6, 6.07) is 0. The molecule has 0 saturated carbocycles. The van der Waals surface area contributed by atoms with E-state index in [1.165, 1.54) is 26.2 Å². The zero-order valence-electron chi connectivity index (χ0n) is 8.88. The van der Waals surface area contributed by atoms with Gasteiger partial charge in [-0.2, -0.15) is 0 Å². The monoisotopic (exact) mass is 186 g/mol. The van der Waals surface area contributed by atoms with Crippen LogP contribution in [0.5, 0.6) is 0 Å². The van der Waals surface area contributed by atoms with E-state index in [1.54, 1.807) is 7.11 Å². The Morgan fingerprint density at radius 2 is 2.38 bits per heavy atom. The summed E-state index contributed by atoms with van der Waals surface area (Å²) in [6.07, 6.45) is 1.16. The second-order valence-corrected chi connectivity index (χ2v) is 3.96. The van der Waals surface area contributed by atoms with Crippen LogP contribution in [0.1, 0.15) is 13.3 Å². The van der Waals surface area contributed by atoms with Gasteiger partial charge in [-0.3, -0.25) is 0 Å². The minimum atomic E-state index is 0.782. The quantitative estimate of drug-likeness (QED) is 0.649. The molecular weight excluding hydrogens is 164 g/mol. The third-order valence-corrected chi connectivity index (χ3v) is 2.49. The van der Waals surface area contributed by atoms with E-state index in [1.807, 2.05) is 0 Å². The molecule has 1 saturated heterocycles. The fourth-order valence-electron chi connectivity index (χ4n) is 1.82. The highest BCUT2D eigenvalue weighted by Gasteiger charge is 2.12. The van der Waals surface area contributed by atoms with Gasteiger partial charge in [0, 0.05) is 39.9 Å². The summed E-state index contributed by atoms with van der Waals surface area (Å²) in [6.45, 7) is 9.10. The van der Waals surface area contributed by atoms with Crippen LogP contribution in [-0.4, -0.2) is 51.3 Å². The second-order valence-electron chi connectivity index (χ2n) is 3.96. The van der Waals surface area contributed by atoms with Gasteiger partial charge >= 0.3 is 0 Å². The molecule has 0 aromatic rings. The second kappa shape index (κ2) is 6.35. The lowest BCUT2D eigenvalue weighted by Gasteiger charge is -2.21. The Morgan fingerprint density at radius 1 is 1.54 bits per heavy atom. The molecule has 0 aromatic heterocycles. The molecule has 1 N–H and O–H groups in total. The predicted octanol–water partition coefficient (Wildman–Crippen LogP) is 0.564.